The number of carbonyl (C=O) groups excluding carboxylic acids is 1. The van der Waals surface area contributed by atoms with Crippen LogP contribution in [0.15, 0.2) is 82.1 Å². The number of para-hydroxylation sites is 3. The molecule has 0 radical (unpaired) electrons. The molecule has 7 heteroatoms. The number of amides is 1. The van der Waals surface area contributed by atoms with Crippen LogP contribution in [-0.4, -0.2) is 33.5 Å². The third-order valence-electron chi connectivity index (χ3n) is 5.72. The van der Waals surface area contributed by atoms with E-state index in [1.807, 2.05) is 75.4 Å². The van der Waals surface area contributed by atoms with Crippen molar-refractivity contribution in [2.75, 3.05) is 13.2 Å². The Morgan fingerprint density at radius 1 is 1.06 bits per heavy atom. The van der Waals surface area contributed by atoms with Crippen LogP contribution in [0, 0.1) is 0 Å². The maximum atomic E-state index is 13.8. The van der Waals surface area contributed by atoms with Gasteiger partial charge in [-0.2, -0.15) is 0 Å². The van der Waals surface area contributed by atoms with Crippen molar-refractivity contribution in [2.45, 2.75) is 26.8 Å². The lowest BCUT2D eigenvalue weighted by Gasteiger charge is -2.30. The van der Waals surface area contributed by atoms with E-state index in [2.05, 4.69) is 15.9 Å². The van der Waals surface area contributed by atoms with Crippen molar-refractivity contribution in [2.24, 2.45) is 0 Å². The van der Waals surface area contributed by atoms with Crippen molar-refractivity contribution in [3.8, 4) is 11.4 Å². The number of hydrogen-bond donors (Lipinski definition) is 0. The number of nitrogens with zero attached hydrogens (tertiary/aromatic N) is 3. The summed E-state index contributed by atoms with van der Waals surface area (Å²) >= 11 is 3.44. The van der Waals surface area contributed by atoms with Gasteiger partial charge in [-0.05, 0) is 63.2 Å². The minimum Gasteiger partial charge on any atom is -0.492 e. The zero-order valence-corrected chi connectivity index (χ0v) is 21.0. The Hall–Kier alpha value is -3.45. The number of aromatic nitrogens is 2. The van der Waals surface area contributed by atoms with Gasteiger partial charge in [0.25, 0.3) is 11.5 Å². The first kappa shape index (κ1) is 23.7. The molecule has 34 heavy (non-hydrogen) atoms. The minimum absolute atomic E-state index is 0.136. The maximum Gasteiger partial charge on any atom is 0.266 e. The van der Waals surface area contributed by atoms with E-state index in [0.29, 0.717) is 46.9 Å². The minimum atomic E-state index is -0.483. The van der Waals surface area contributed by atoms with Crippen LogP contribution < -0.4 is 10.3 Å². The molecule has 3 aromatic carbocycles. The molecule has 1 unspecified atom stereocenters. The van der Waals surface area contributed by atoms with Gasteiger partial charge in [-0.1, -0.05) is 46.3 Å². The average molecular weight is 520 g/mol. The van der Waals surface area contributed by atoms with Crippen molar-refractivity contribution >= 4 is 32.7 Å². The van der Waals surface area contributed by atoms with Crippen LogP contribution in [0.3, 0.4) is 0 Å². The molecular formula is C27H26BrN3O3. The first-order valence-electron chi connectivity index (χ1n) is 11.3. The second-order valence-corrected chi connectivity index (χ2v) is 8.72. The van der Waals surface area contributed by atoms with Gasteiger partial charge in [-0.25, -0.2) is 4.98 Å². The summed E-state index contributed by atoms with van der Waals surface area (Å²) in [4.78, 5) is 33.8. The quantitative estimate of drug-likeness (QED) is 0.311. The van der Waals surface area contributed by atoms with Gasteiger partial charge in [-0.3, -0.25) is 14.2 Å². The van der Waals surface area contributed by atoms with Crippen molar-refractivity contribution in [3.05, 3.63) is 99.0 Å². The number of ether oxygens (including phenoxy) is 1. The second-order valence-electron chi connectivity index (χ2n) is 7.81. The molecule has 1 amide bonds. The van der Waals surface area contributed by atoms with E-state index in [9.17, 15) is 9.59 Å². The topological polar surface area (TPSA) is 64.4 Å². The molecule has 4 aromatic rings. The smallest absolute Gasteiger partial charge is 0.266 e. The van der Waals surface area contributed by atoms with E-state index in [0.717, 1.165) is 4.47 Å². The van der Waals surface area contributed by atoms with Gasteiger partial charge in [-0.15, -0.1) is 0 Å². The molecule has 0 spiro atoms. The van der Waals surface area contributed by atoms with E-state index in [1.165, 1.54) is 0 Å². The maximum absolute atomic E-state index is 13.8. The predicted molar refractivity (Wildman–Crippen MR) is 138 cm³/mol. The highest BCUT2D eigenvalue weighted by molar-refractivity contribution is 9.10. The van der Waals surface area contributed by atoms with Gasteiger partial charge in [0.15, 0.2) is 0 Å². The first-order valence-corrected chi connectivity index (χ1v) is 12.1. The van der Waals surface area contributed by atoms with Gasteiger partial charge in [0, 0.05) is 16.6 Å². The van der Waals surface area contributed by atoms with Crippen LogP contribution in [0.2, 0.25) is 0 Å². The number of rotatable bonds is 7. The molecule has 1 heterocycles. The molecule has 0 aliphatic heterocycles. The highest BCUT2D eigenvalue weighted by Crippen LogP contribution is 2.28. The fourth-order valence-corrected chi connectivity index (χ4v) is 4.50. The third kappa shape index (κ3) is 4.48. The second kappa shape index (κ2) is 10.2. The molecule has 1 aromatic heterocycles. The lowest BCUT2D eigenvalue weighted by atomic mass is 10.1. The molecule has 4 rings (SSSR count). The molecule has 0 saturated heterocycles. The molecule has 0 N–H and O–H groups in total. The van der Waals surface area contributed by atoms with Crippen molar-refractivity contribution < 1.29 is 9.53 Å². The standard InChI is InChI=1S/C27H26BrN3O3/c1-4-30(26(32)19-11-10-12-20(28)17-19)18(3)25-29-22-14-7-6-13-21(22)27(33)31(25)23-15-8-9-16-24(23)34-5-2/h6-18H,4-5H2,1-3H3. The Bertz CT molecular complexity index is 1400. The molecule has 0 fully saturated rings. The summed E-state index contributed by atoms with van der Waals surface area (Å²) in [5.74, 6) is 0.920. The fourth-order valence-electron chi connectivity index (χ4n) is 4.10. The Labute approximate surface area is 206 Å². The van der Waals surface area contributed by atoms with Crippen LogP contribution >= 0.6 is 15.9 Å². The lowest BCUT2D eigenvalue weighted by Crippen LogP contribution is -2.37. The SMILES string of the molecule is CCOc1ccccc1-n1c(C(C)N(CC)C(=O)c2cccc(Br)c2)nc2ccccc2c1=O. The molecule has 0 aliphatic carbocycles. The lowest BCUT2D eigenvalue weighted by molar-refractivity contribution is 0.0693. The predicted octanol–water partition coefficient (Wildman–Crippen LogP) is 5.77. The number of halogens is 1. The first-order chi connectivity index (χ1) is 16.5. The van der Waals surface area contributed by atoms with E-state index >= 15 is 0 Å². The molecule has 1 atom stereocenters. The van der Waals surface area contributed by atoms with Crippen LogP contribution in [0.4, 0.5) is 0 Å². The number of hydrogen-bond acceptors (Lipinski definition) is 4. The molecule has 0 bridgehead atoms. The number of fused-ring (bicyclic) bond motifs is 1. The van der Waals surface area contributed by atoms with Crippen molar-refractivity contribution in [3.63, 3.8) is 0 Å². The van der Waals surface area contributed by atoms with Gasteiger partial charge in [0.1, 0.15) is 11.6 Å². The Morgan fingerprint density at radius 3 is 2.53 bits per heavy atom. The van der Waals surface area contributed by atoms with Crippen LogP contribution in [-0.2, 0) is 0 Å². The summed E-state index contributed by atoms with van der Waals surface area (Å²) in [5.41, 5.74) is 1.55. The van der Waals surface area contributed by atoms with E-state index < -0.39 is 6.04 Å². The highest BCUT2D eigenvalue weighted by atomic mass is 79.9. The van der Waals surface area contributed by atoms with Gasteiger partial charge in [0.05, 0.1) is 29.2 Å². The molecular weight excluding hydrogens is 494 g/mol. The molecule has 0 aliphatic rings. The summed E-state index contributed by atoms with van der Waals surface area (Å²) in [6.45, 7) is 6.62. The largest absolute Gasteiger partial charge is 0.492 e. The molecule has 174 valence electrons. The van der Waals surface area contributed by atoms with Crippen molar-refractivity contribution in [1.29, 1.82) is 0 Å². The molecule has 0 saturated carbocycles. The zero-order chi connectivity index (χ0) is 24.2. The summed E-state index contributed by atoms with van der Waals surface area (Å²) in [5, 5.41) is 0.506. The van der Waals surface area contributed by atoms with Crippen molar-refractivity contribution in [1.82, 2.24) is 14.5 Å². The van der Waals surface area contributed by atoms with E-state index in [1.54, 1.807) is 27.7 Å². The average Bonchev–Trinajstić information content (AvgIpc) is 2.85. The molecule has 6 nitrogen and oxygen atoms in total. The Kier molecular flexibility index (Phi) is 7.12. The third-order valence-corrected chi connectivity index (χ3v) is 6.22. The van der Waals surface area contributed by atoms with Crippen LogP contribution in [0.5, 0.6) is 5.75 Å². The number of carbonyl (C=O) groups is 1. The Balaban J connectivity index is 1.93. The summed E-state index contributed by atoms with van der Waals surface area (Å²) in [7, 11) is 0. The summed E-state index contributed by atoms with van der Waals surface area (Å²) < 4.78 is 8.24. The zero-order valence-electron chi connectivity index (χ0n) is 19.4. The Morgan fingerprint density at radius 2 is 1.79 bits per heavy atom. The fraction of sp³-hybridized carbons (Fsp3) is 0.222. The van der Waals surface area contributed by atoms with E-state index in [-0.39, 0.29) is 11.5 Å². The van der Waals surface area contributed by atoms with Gasteiger partial charge < -0.3 is 9.64 Å². The highest BCUT2D eigenvalue weighted by Gasteiger charge is 2.27. The monoisotopic (exact) mass is 519 g/mol. The van der Waals surface area contributed by atoms with Gasteiger partial charge >= 0.3 is 0 Å². The summed E-state index contributed by atoms with van der Waals surface area (Å²) in [6, 6.07) is 21.5. The van der Waals surface area contributed by atoms with Crippen LogP contribution in [0.25, 0.3) is 16.6 Å². The number of benzene rings is 3. The summed E-state index contributed by atoms with van der Waals surface area (Å²) in [6.07, 6.45) is 0. The normalized spacial score (nSPS) is 11.9. The van der Waals surface area contributed by atoms with Crippen LogP contribution in [0.1, 0.15) is 43.0 Å². The van der Waals surface area contributed by atoms with E-state index in [4.69, 9.17) is 9.72 Å². The van der Waals surface area contributed by atoms with Gasteiger partial charge in [0.2, 0.25) is 0 Å².